The van der Waals surface area contributed by atoms with Gasteiger partial charge >= 0.3 is 5.97 Å². The van der Waals surface area contributed by atoms with E-state index in [1.165, 1.54) is 6.07 Å². The van der Waals surface area contributed by atoms with Crippen LogP contribution in [-0.2, 0) is 16.0 Å². The van der Waals surface area contributed by atoms with Crippen molar-refractivity contribution >= 4 is 11.7 Å². The number of ether oxygens (including phenoxy) is 1. The van der Waals surface area contributed by atoms with Crippen LogP contribution in [0.5, 0.6) is 5.75 Å². The summed E-state index contributed by atoms with van der Waals surface area (Å²) in [6, 6.07) is 4.08. The second-order valence-electron chi connectivity index (χ2n) is 4.73. The minimum Gasteiger partial charge on any atom is -0.506 e. The van der Waals surface area contributed by atoms with Crippen molar-refractivity contribution in [3.8, 4) is 5.75 Å². The number of aromatic hydroxyl groups is 1. The normalized spacial score (nSPS) is 12.4. The first-order chi connectivity index (χ1) is 8.40. The van der Waals surface area contributed by atoms with Crippen LogP contribution in [0.1, 0.15) is 19.4 Å². The highest BCUT2D eigenvalue weighted by Crippen LogP contribution is 2.21. The quantitative estimate of drug-likeness (QED) is 0.413. The molecule has 0 spiro atoms. The molecule has 0 heterocycles. The van der Waals surface area contributed by atoms with E-state index in [9.17, 15) is 9.90 Å². The Bertz CT molecular complexity index is 419. The van der Waals surface area contributed by atoms with Gasteiger partial charge in [0.1, 0.15) is 11.8 Å². The molecule has 0 bridgehead atoms. The van der Waals surface area contributed by atoms with Gasteiger partial charge in [0.25, 0.3) is 0 Å². The van der Waals surface area contributed by atoms with E-state index in [0.29, 0.717) is 18.7 Å². The number of carbonyl (C=O) groups excluding carboxylic acids is 1. The van der Waals surface area contributed by atoms with Crippen LogP contribution in [0.15, 0.2) is 18.2 Å². The highest BCUT2D eigenvalue weighted by molar-refractivity contribution is 5.76. The van der Waals surface area contributed by atoms with Crippen molar-refractivity contribution in [2.75, 3.05) is 12.3 Å². The van der Waals surface area contributed by atoms with E-state index in [4.69, 9.17) is 16.2 Å². The maximum absolute atomic E-state index is 11.6. The number of nitrogens with two attached hydrogens (primary N) is 2. The van der Waals surface area contributed by atoms with Crippen molar-refractivity contribution in [1.82, 2.24) is 0 Å². The zero-order valence-corrected chi connectivity index (χ0v) is 10.7. The minimum absolute atomic E-state index is 0.00440. The van der Waals surface area contributed by atoms with E-state index in [1.54, 1.807) is 12.1 Å². The number of hydrogen-bond donors (Lipinski definition) is 3. The lowest BCUT2D eigenvalue weighted by Gasteiger charge is -2.13. The Morgan fingerprint density at radius 1 is 1.44 bits per heavy atom. The molecule has 0 saturated heterocycles. The van der Waals surface area contributed by atoms with Gasteiger partial charge in [0.2, 0.25) is 0 Å². The first kappa shape index (κ1) is 14.3. The standard InChI is InChI=1S/C13H20N2O3/c1-8(2)7-18-13(17)11(15)5-9-3-4-10(14)12(16)6-9/h3-4,6,8,11,16H,5,7,14-15H2,1-2H3/t11-/m0/s1. The summed E-state index contributed by atoms with van der Waals surface area (Å²) in [5.41, 5.74) is 12.3. The molecule has 100 valence electrons. The molecule has 5 N–H and O–H groups in total. The number of rotatable bonds is 5. The fourth-order valence-corrected chi connectivity index (χ4v) is 1.41. The summed E-state index contributed by atoms with van der Waals surface area (Å²) in [6.07, 6.45) is 0.310. The third kappa shape index (κ3) is 4.25. The van der Waals surface area contributed by atoms with Crippen LogP contribution in [0.4, 0.5) is 5.69 Å². The van der Waals surface area contributed by atoms with Gasteiger partial charge in [0.05, 0.1) is 12.3 Å². The molecule has 0 amide bonds. The van der Waals surface area contributed by atoms with E-state index < -0.39 is 12.0 Å². The van der Waals surface area contributed by atoms with Crippen LogP contribution in [0.2, 0.25) is 0 Å². The molecule has 0 aliphatic carbocycles. The van der Waals surface area contributed by atoms with Gasteiger partial charge in [-0.3, -0.25) is 4.79 Å². The molecule has 0 aliphatic rings. The fourth-order valence-electron chi connectivity index (χ4n) is 1.41. The van der Waals surface area contributed by atoms with Gasteiger partial charge in [-0.25, -0.2) is 0 Å². The molecular formula is C13H20N2O3. The van der Waals surface area contributed by atoms with E-state index in [1.807, 2.05) is 13.8 Å². The van der Waals surface area contributed by atoms with Gasteiger partial charge in [-0.15, -0.1) is 0 Å². The second-order valence-corrected chi connectivity index (χ2v) is 4.73. The number of nitrogen functional groups attached to an aromatic ring is 1. The molecule has 0 aromatic heterocycles. The van der Waals surface area contributed by atoms with Crippen molar-refractivity contribution in [1.29, 1.82) is 0 Å². The van der Waals surface area contributed by atoms with Crippen LogP contribution < -0.4 is 11.5 Å². The molecule has 0 fully saturated rings. The minimum atomic E-state index is -0.730. The van der Waals surface area contributed by atoms with E-state index in [2.05, 4.69) is 0 Å². The molecule has 0 unspecified atom stereocenters. The molecule has 1 aromatic carbocycles. The van der Waals surface area contributed by atoms with E-state index in [0.717, 1.165) is 5.56 Å². The highest BCUT2D eigenvalue weighted by atomic mass is 16.5. The summed E-state index contributed by atoms with van der Waals surface area (Å²) in [4.78, 5) is 11.6. The maximum Gasteiger partial charge on any atom is 0.323 e. The summed E-state index contributed by atoms with van der Waals surface area (Å²) in [5, 5.41) is 9.45. The van der Waals surface area contributed by atoms with Crippen LogP contribution >= 0.6 is 0 Å². The van der Waals surface area contributed by atoms with Crippen molar-refractivity contribution < 1.29 is 14.6 Å². The Balaban J connectivity index is 2.55. The number of benzene rings is 1. The lowest BCUT2D eigenvalue weighted by Crippen LogP contribution is -2.35. The van der Waals surface area contributed by atoms with Crippen LogP contribution in [0, 0.1) is 5.92 Å². The van der Waals surface area contributed by atoms with E-state index in [-0.39, 0.29) is 11.7 Å². The van der Waals surface area contributed by atoms with Crippen LogP contribution in [0.25, 0.3) is 0 Å². The molecule has 18 heavy (non-hydrogen) atoms. The molecular weight excluding hydrogens is 232 g/mol. The van der Waals surface area contributed by atoms with Gasteiger partial charge in [-0.2, -0.15) is 0 Å². The highest BCUT2D eigenvalue weighted by Gasteiger charge is 2.16. The Hall–Kier alpha value is -1.75. The average molecular weight is 252 g/mol. The van der Waals surface area contributed by atoms with Crippen molar-refractivity contribution in [2.24, 2.45) is 11.7 Å². The number of esters is 1. The average Bonchev–Trinajstić information content (AvgIpc) is 2.30. The van der Waals surface area contributed by atoms with Crippen LogP contribution in [-0.4, -0.2) is 23.7 Å². The smallest absolute Gasteiger partial charge is 0.323 e. The molecule has 5 nitrogen and oxygen atoms in total. The molecule has 1 atom stereocenters. The second kappa shape index (κ2) is 6.26. The zero-order valence-electron chi connectivity index (χ0n) is 10.7. The third-order valence-corrected chi connectivity index (χ3v) is 2.41. The molecule has 1 aromatic rings. The predicted octanol–water partition coefficient (Wildman–Crippen LogP) is 1.04. The molecule has 0 saturated carbocycles. The molecule has 1 rings (SSSR count). The Kier molecular flexibility index (Phi) is 4.97. The van der Waals surface area contributed by atoms with Crippen molar-refractivity contribution in [3.05, 3.63) is 23.8 Å². The first-order valence-corrected chi connectivity index (χ1v) is 5.89. The maximum atomic E-state index is 11.6. The van der Waals surface area contributed by atoms with Gasteiger partial charge in [0, 0.05) is 0 Å². The van der Waals surface area contributed by atoms with Crippen molar-refractivity contribution in [2.45, 2.75) is 26.3 Å². The summed E-state index contributed by atoms with van der Waals surface area (Å²) >= 11 is 0. The van der Waals surface area contributed by atoms with Crippen LogP contribution in [0.3, 0.4) is 0 Å². The zero-order chi connectivity index (χ0) is 13.7. The van der Waals surface area contributed by atoms with E-state index >= 15 is 0 Å². The van der Waals surface area contributed by atoms with Gasteiger partial charge in [0.15, 0.2) is 0 Å². The Morgan fingerprint density at radius 3 is 2.67 bits per heavy atom. The number of phenols is 1. The molecule has 0 radical (unpaired) electrons. The summed E-state index contributed by atoms with van der Waals surface area (Å²) in [7, 11) is 0. The molecule has 5 heteroatoms. The predicted molar refractivity (Wildman–Crippen MR) is 70.0 cm³/mol. The molecule has 0 aliphatic heterocycles. The van der Waals surface area contributed by atoms with Gasteiger partial charge in [-0.1, -0.05) is 19.9 Å². The van der Waals surface area contributed by atoms with Crippen molar-refractivity contribution in [3.63, 3.8) is 0 Å². The van der Waals surface area contributed by atoms with Gasteiger partial charge < -0.3 is 21.3 Å². The Labute approximate surface area is 107 Å². The number of hydrogen-bond acceptors (Lipinski definition) is 5. The monoisotopic (exact) mass is 252 g/mol. The Morgan fingerprint density at radius 2 is 2.11 bits per heavy atom. The lowest BCUT2D eigenvalue weighted by molar-refractivity contribution is -0.146. The summed E-state index contributed by atoms with van der Waals surface area (Å²) < 4.78 is 5.04. The largest absolute Gasteiger partial charge is 0.506 e. The summed E-state index contributed by atoms with van der Waals surface area (Å²) in [5.74, 6) is -0.156. The fraction of sp³-hybridized carbons (Fsp3) is 0.462. The topological polar surface area (TPSA) is 98.6 Å². The lowest BCUT2D eigenvalue weighted by atomic mass is 10.1. The van der Waals surface area contributed by atoms with Gasteiger partial charge in [-0.05, 0) is 30.0 Å². The number of carbonyl (C=O) groups is 1. The third-order valence-electron chi connectivity index (χ3n) is 2.41. The number of phenolic OH excluding ortho intramolecular Hbond substituents is 1. The number of anilines is 1. The summed E-state index contributed by atoms with van der Waals surface area (Å²) in [6.45, 7) is 4.27. The first-order valence-electron chi connectivity index (χ1n) is 5.89. The SMILES string of the molecule is CC(C)COC(=O)[C@@H](N)Cc1ccc(N)c(O)c1.